The molecule has 2 unspecified atom stereocenters. The van der Waals surface area contributed by atoms with Crippen LogP contribution in [0.3, 0.4) is 0 Å². The summed E-state index contributed by atoms with van der Waals surface area (Å²) in [5.41, 5.74) is 1.16. The van der Waals surface area contributed by atoms with E-state index in [1.165, 1.54) is 6.42 Å². The van der Waals surface area contributed by atoms with Gasteiger partial charge in [-0.2, -0.15) is 0 Å². The summed E-state index contributed by atoms with van der Waals surface area (Å²) in [7, 11) is 0. The summed E-state index contributed by atoms with van der Waals surface area (Å²) in [4.78, 5) is 0. The van der Waals surface area contributed by atoms with Crippen LogP contribution in [-0.2, 0) is 4.74 Å². The zero-order valence-electron chi connectivity index (χ0n) is 12.2. The predicted octanol–water partition coefficient (Wildman–Crippen LogP) is 1.75. The largest absolute Gasteiger partial charge is 0.491 e. The first-order chi connectivity index (χ1) is 9.74. The Morgan fingerprint density at radius 2 is 2.40 bits per heavy atom. The molecule has 20 heavy (non-hydrogen) atoms. The number of rotatable bonds is 8. The van der Waals surface area contributed by atoms with Crippen molar-refractivity contribution in [3.63, 3.8) is 0 Å². The quantitative estimate of drug-likeness (QED) is 0.712. The molecule has 0 aliphatic carbocycles. The Balaban J connectivity index is 1.54. The third-order valence-electron chi connectivity index (χ3n) is 3.57. The van der Waals surface area contributed by atoms with Crippen LogP contribution in [0.25, 0.3) is 0 Å². The van der Waals surface area contributed by atoms with Crippen LogP contribution >= 0.6 is 0 Å². The van der Waals surface area contributed by atoms with Crippen LogP contribution in [0.2, 0.25) is 0 Å². The molecule has 1 aliphatic heterocycles. The summed E-state index contributed by atoms with van der Waals surface area (Å²) >= 11 is 0. The van der Waals surface area contributed by atoms with Crippen molar-refractivity contribution in [1.82, 2.24) is 5.32 Å². The van der Waals surface area contributed by atoms with Gasteiger partial charge < -0.3 is 19.9 Å². The van der Waals surface area contributed by atoms with Gasteiger partial charge in [0, 0.05) is 19.8 Å². The van der Waals surface area contributed by atoms with Crippen LogP contribution < -0.4 is 10.1 Å². The summed E-state index contributed by atoms with van der Waals surface area (Å²) < 4.78 is 10.9. The Bertz CT molecular complexity index is 391. The number of aliphatic hydroxyl groups excluding tert-OH is 1. The van der Waals surface area contributed by atoms with Gasteiger partial charge in [0.1, 0.15) is 18.5 Å². The summed E-state index contributed by atoms with van der Waals surface area (Å²) in [6.45, 7) is 5.63. The first-order valence-corrected chi connectivity index (χ1v) is 7.40. The number of ether oxygens (including phenoxy) is 2. The highest BCUT2D eigenvalue weighted by atomic mass is 16.5. The lowest BCUT2D eigenvalue weighted by Gasteiger charge is -2.14. The fourth-order valence-corrected chi connectivity index (χ4v) is 2.34. The van der Waals surface area contributed by atoms with Crippen molar-refractivity contribution in [3.05, 3.63) is 29.8 Å². The molecule has 4 heteroatoms. The van der Waals surface area contributed by atoms with E-state index in [1.54, 1.807) is 0 Å². The summed E-state index contributed by atoms with van der Waals surface area (Å²) in [5.74, 6) is 1.50. The van der Waals surface area contributed by atoms with Gasteiger partial charge in [0.2, 0.25) is 0 Å². The highest BCUT2D eigenvalue weighted by molar-refractivity contribution is 5.27. The molecule has 1 fully saturated rings. The first-order valence-electron chi connectivity index (χ1n) is 7.40. The molecule has 0 saturated carbocycles. The number of nitrogens with one attached hydrogen (secondary N) is 1. The van der Waals surface area contributed by atoms with E-state index >= 15 is 0 Å². The molecule has 1 heterocycles. The molecule has 0 amide bonds. The molecule has 0 radical (unpaired) electrons. The van der Waals surface area contributed by atoms with Crippen LogP contribution in [0, 0.1) is 12.8 Å². The van der Waals surface area contributed by atoms with Gasteiger partial charge in [0.15, 0.2) is 0 Å². The van der Waals surface area contributed by atoms with Crippen molar-refractivity contribution in [3.8, 4) is 5.75 Å². The molecule has 2 rings (SSSR count). The van der Waals surface area contributed by atoms with E-state index in [0.717, 1.165) is 37.5 Å². The predicted molar refractivity (Wildman–Crippen MR) is 79.1 cm³/mol. The number of hydrogen-bond acceptors (Lipinski definition) is 4. The number of aliphatic hydroxyl groups is 1. The molecule has 2 N–H and O–H groups in total. The zero-order valence-corrected chi connectivity index (χ0v) is 12.2. The summed E-state index contributed by atoms with van der Waals surface area (Å²) in [5, 5.41) is 13.1. The molecule has 1 aliphatic rings. The van der Waals surface area contributed by atoms with E-state index in [2.05, 4.69) is 5.32 Å². The lowest BCUT2D eigenvalue weighted by Crippen LogP contribution is -2.32. The Labute approximate surface area is 121 Å². The van der Waals surface area contributed by atoms with E-state index < -0.39 is 6.10 Å². The molecule has 1 saturated heterocycles. The highest BCUT2D eigenvalue weighted by Crippen LogP contribution is 2.15. The topological polar surface area (TPSA) is 50.7 Å². The fourth-order valence-electron chi connectivity index (χ4n) is 2.34. The van der Waals surface area contributed by atoms with Gasteiger partial charge in [-0.05, 0) is 49.9 Å². The van der Waals surface area contributed by atoms with E-state index in [0.29, 0.717) is 19.1 Å². The average Bonchev–Trinajstić information content (AvgIpc) is 2.95. The van der Waals surface area contributed by atoms with Gasteiger partial charge in [0.05, 0.1) is 0 Å². The molecular weight excluding hydrogens is 254 g/mol. The van der Waals surface area contributed by atoms with Gasteiger partial charge in [-0.15, -0.1) is 0 Å². The third-order valence-corrected chi connectivity index (χ3v) is 3.57. The molecule has 1 aromatic carbocycles. The molecule has 0 spiro atoms. The molecule has 1 aromatic rings. The molecule has 0 aromatic heterocycles. The second-order valence-corrected chi connectivity index (χ2v) is 5.50. The number of benzene rings is 1. The average molecular weight is 279 g/mol. The van der Waals surface area contributed by atoms with Crippen molar-refractivity contribution in [2.45, 2.75) is 25.9 Å². The van der Waals surface area contributed by atoms with Crippen LogP contribution in [0.15, 0.2) is 24.3 Å². The monoisotopic (exact) mass is 279 g/mol. The minimum absolute atomic E-state index is 0.322. The van der Waals surface area contributed by atoms with Gasteiger partial charge in [-0.3, -0.25) is 0 Å². The number of hydrogen-bond donors (Lipinski definition) is 2. The van der Waals surface area contributed by atoms with E-state index in [4.69, 9.17) is 9.47 Å². The highest BCUT2D eigenvalue weighted by Gasteiger charge is 2.14. The molecule has 112 valence electrons. The smallest absolute Gasteiger partial charge is 0.119 e. The standard InChI is InChI=1S/C16H25NO3/c1-13-3-2-4-16(9-13)20-12-15(18)10-17-7-5-14-6-8-19-11-14/h2-4,9,14-15,17-18H,5-8,10-12H2,1H3. The maximum Gasteiger partial charge on any atom is 0.119 e. The second kappa shape index (κ2) is 8.25. The number of aryl methyl sites for hydroxylation is 1. The summed E-state index contributed by atoms with van der Waals surface area (Å²) in [6, 6.07) is 7.87. The van der Waals surface area contributed by atoms with Crippen LogP contribution in [0.4, 0.5) is 0 Å². The van der Waals surface area contributed by atoms with Crippen molar-refractivity contribution in [2.24, 2.45) is 5.92 Å². The van der Waals surface area contributed by atoms with Crippen LogP contribution in [-0.4, -0.2) is 44.1 Å². The first kappa shape index (κ1) is 15.3. The molecule has 4 nitrogen and oxygen atoms in total. The minimum atomic E-state index is -0.477. The van der Waals surface area contributed by atoms with Crippen LogP contribution in [0.1, 0.15) is 18.4 Å². The fraction of sp³-hybridized carbons (Fsp3) is 0.625. The Kier molecular flexibility index (Phi) is 6.30. The molecule has 0 bridgehead atoms. The van der Waals surface area contributed by atoms with Gasteiger partial charge in [-0.25, -0.2) is 0 Å². The van der Waals surface area contributed by atoms with Gasteiger partial charge in [-0.1, -0.05) is 12.1 Å². The zero-order chi connectivity index (χ0) is 14.2. The normalized spacial score (nSPS) is 20.0. The Morgan fingerprint density at radius 3 is 3.15 bits per heavy atom. The third kappa shape index (κ3) is 5.49. The SMILES string of the molecule is Cc1cccc(OCC(O)CNCCC2CCOC2)c1. The lowest BCUT2D eigenvalue weighted by molar-refractivity contribution is 0.106. The van der Waals surface area contributed by atoms with Crippen molar-refractivity contribution < 1.29 is 14.6 Å². The van der Waals surface area contributed by atoms with Gasteiger partial charge in [0.25, 0.3) is 0 Å². The maximum absolute atomic E-state index is 9.86. The lowest BCUT2D eigenvalue weighted by atomic mass is 10.1. The van der Waals surface area contributed by atoms with Gasteiger partial charge >= 0.3 is 0 Å². The summed E-state index contributed by atoms with van der Waals surface area (Å²) in [6.07, 6.45) is 1.81. The Morgan fingerprint density at radius 1 is 1.50 bits per heavy atom. The van der Waals surface area contributed by atoms with E-state index in [-0.39, 0.29) is 0 Å². The minimum Gasteiger partial charge on any atom is -0.491 e. The maximum atomic E-state index is 9.86. The molecule has 2 atom stereocenters. The van der Waals surface area contributed by atoms with Crippen molar-refractivity contribution in [1.29, 1.82) is 0 Å². The Hall–Kier alpha value is -1.10. The van der Waals surface area contributed by atoms with Crippen LogP contribution in [0.5, 0.6) is 5.75 Å². The van der Waals surface area contributed by atoms with Crippen molar-refractivity contribution >= 4 is 0 Å². The van der Waals surface area contributed by atoms with Crippen molar-refractivity contribution in [2.75, 3.05) is 32.9 Å². The van der Waals surface area contributed by atoms with E-state index in [1.807, 2.05) is 31.2 Å². The second-order valence-electron chi connectivity index (χ2n) is 5.50. The molecular formula is C16H25NO3. The van der Waals surface area contributed by atoms with E-state index in [9.17, 15) is 5.11 Å².